The summed E-state index contributed by atoms with van der Waals surface area (Å²) < 4.78 is 7.22. The number of rotatable bonds is 2. The highest BCUT2D eigenvalue weighted by molar-refractivity contribution is 5.39. The lowest BCUT2D eigenvalue weighted by molar-refractivity contribution is 0.0842. The molecule has 90 valence electrons. The number of hydrogen-bond donors (Lipinski definition) is 1. The Morgan fingerprint density at radius 1 is 1.35 bits per heavy atom. The van der Waals surface area contributed by atoms with Gasteiger partial charge in [-0.15, -0.1) is 0 Å². The Morgan fingerprint density at radius 3 is 2.94 bits per heavy atom. The van der Waals surface area contributed by atoms with Crippen molar-refractivity contribution in [2.45, 2.75) is 25.3 Å². The second kappa shape index (κ2) is 4.43. The van der Waals surface area contributed by atoms with Crippen LogP contribution in [-0.4, -0.2) is 27.8 Å². The van der Waals surface area contributed by atoms with Crippen LogP contribution in [0.2, 0.25) is 0 Å². The summed E-state index contributed by atoms with van der Waals surface area (Å²) in [7, 11) is 0. The van der Waals surface area contributed by atoms with Gasteiger partial charge < -0.3 is 10.5 Å². The number of imidazole rings is 1. The fourth-order valence-electron chi connectivity index (χ4n) is 2.29. The monoisotopic (exact) mass is 232 g/mol. The Bertz CT molecular complexity index is 516. The van der Waals surface area contributed by atoms with Crippen molar-refractivity contribution in [1.82, 2.24) is 14.6 Å². The molecule has 2 aromatic heterocycles. The summed E-state index contributed by atoms with van der Waals surface area (Å²) in [4.78, 5) is 4.27. The van der Waals surface area contributed by atoms with Crippen LogP contribution in [0.3, 0.4) is 0 Å². The Labute approximate surface area is 99.6 Å². The minimum Gasteiger partial charge on any atom is -0.381 e. The second-order valence-electron chi connectivity index (χ2n) is 4.37. The maximum atomic E-state index is 5.67. The van der Waals surface area contributed by atoms with Crippen LogP contribution in [-0.2, 0) is 11.3 Å². The van der Waals surface area contributed by atoms with Gasteiger partial charge in [0.2, 0.25) is 0 Å². The van der Waals surface area contributed by atoms with Gasteiger partial charge in [-0.3, -0.25) is 0 Å². The van der Waals surface area contributed by atoms with Gasteiger partial charge in [0.25, 0.3) is 0 Å². The Morgan fingerprint density at radius 2 is 2.18 bits per heavy atom. The predicted molar refractivity (Wildman–Crippen MR) is 63.7 cm³/mol. The van der Waals surface area contributed by atoms with E-state index >= 15 is 0 Å². The van der Waals surface area contributed by atoms with Crippen molar-refractivity contribution in [2.75, 3.05) is 13.2 Å². The minimum atomic E-state index is 0.464. The second-order valence-corrected chi connectivity index (χ2v) is 4.37. The van der Waals surface area contributed by atoms with E-state index in [0.717, 1.165) is 43.1 Å². The number of aromatic nitrogens is 3. The molecule has 1 saturated heterocycles. The van der Waals surface area contributed by atoms with Gasteiger partial charge in [-0.1, -0.05) is 0 Å². The van der Waals surface area contributed by atoms with Gasteiger partial charge in [-0.25, -0.2) is 9.50 Å². The summed E-state index contributed by atoms with van der Waals surface area (Å²) in [6.07, 6.45) is 3.88. The number of fused-ring (bicyclic) bond motifs is 1. The number of nitrogens with two attached hydrogens (primary N) is 1. The third-order valence-corrected chi connectivity index (χ3v) is 3.30. The smallest absolute Gasteiger partial charge is 0.153 e. The predicted octanol–water partition coefficient (Wildman–Crippen LogP) is 1.08. The quantitative estimate of drug-likeness (QED) is 0.841. The lowest BCUT2D eigenvalue weighted by Crippen LogP contribution is -2.16. The molecule has 0 bridgehead atoms. The van der Waals surface area contributed by atoms with Crippen molar-refractivity contribution >= 4 is 5.65 Å². The maximum absolute atomic E-state index is 5.67. The third-order valence-electron chi connectivity index (χ3n) is 3.30. The van der Waals surface area contributed by atoms with Gasteiger partial charge in [0.15, 0.2) is 5.65 Å². The summed E-state index contributed by atoms with van der Waals surface area (Å²) in [5, 5.41) is 4.65. The molecule has 17 heavy (non-hydrogen) atoms. The summed E-state index contributed by atoms with van der Waals surface area (Å²) in [6.45, 7) is 2.13. The fraction of sp³-hybridized carbons (Fsp3) is 0.500. The first-order valence-corrected chi connectivity index (χ1v) is 6.00. The van der Waals surface area contributed by atoms with Crippen LogP contribution in [0.25, 0.3) is 5.65 Å². The molecule has 5 heteroatoms. The Kier molecular flexibility index (Phi) is 2.78. The van der Waals surface area contributed by atoms with Crippen molar-refractivity contribution in [3.63, 3.8) is 0 Å². The molecule has 0 amide bonds. The average Bonchev–Trinajstić information content (AvgIpc) is 2.81. The highest BCUT2D eigenvalue weighted by Gasteiger charge is 2.18. The molecule has 1 aliphatic heterocycles. The topological polar surface area (TPSA) is 65.4 Å². The zero-order chi connectivity index (χ0) is 11.7. The highest BCUT2D eigenvalue weighted by atomic mass is 16.5. The van der Waals surface area contributed by atoms with Crippen molar-refractivity contribution < 1.29 is 4.74 Å². The standard InChI is InChI=1S/C12H16N4O/c13-7-10-8-14-12-2-1-11(15-16(10)12)9-3-5-17-6-4-9/h1-2,8-9H,3-7,13H2. The van der Waals surface area contributed by atoms with Crippen LogP contribution >= 0.6 is 0 Å². The van der Waals surface area contributed by atoms with Crippen LogP contribution in [0.15, 0.2) is 18.3 Å². The molecule has 0 aliphatic carbocycles. The first-order valence-electron chi connectivity index (χ1n) is 6.00. The first-order chi connectivity index (χ1) is 8.38. The lowest BCUT2D eigenvalue weighted by atomic mass is 9.96. The number of hydrogen-bond acceptors (Lipinski definition) is 4. The van der Waals surface area contributed by atoms with Crippen molar-refractivity contribution in [1.29, 1.82) is 0 Å². The van der Waals surface area contributed by atoms with E-state index in [2.05, 4.69) is 16.1 Å². The molecule has 1 fully saturated rings. The van der Waals surface area contributed by atoms with E-state index in [0.29, 0.717) is 12.5 Å². The van der Waals surface area contributed by atoms with Crippen LogP contribution in [0.4, 0.5) is 0 Å². The number of nitrogens with zero attached hydrogens (tertiary/aromatic N) is 3. The molecule has 2 aromatic rings. The zero-order valence-electron chi connectivity index (χ0n) is 9.67. The fourth-order valence-corrected chi connectivity index (χ4v) is 2.29. The van der Waals surface area contributed by atoms with E-state index in [9.17, 15) is 0 Å². The van der Waals surface area contributed by atoms with Gasteiger partial charge in [0.05, 0.1) is 17.6 Å². The van der Waals surface area contributed by atoms with Gasteiger partial charge in [0, 0.05) is 25.7 Å². The molecule has 1 aliphatic rings. The van der Waals surface area contributed by atoms with Gasteiger partial charge in [0.1, 0.15) is 0 Å². The molecule has 0 spiro atoms. The van der Waals surface area contributed by atoms with E-state index in [-0.39, 0.29) is 0 Å². The van der Waals surface area contributed by atoms with Crippen LogP contribution in [0.1, 0.15) is 30.1 Å². The molecular formula is C12H16N4O. The summed E-state index contributed by atoms with van der Waals surface area (Å²) in [5.74, 6) is 0.501. The largest absolute Gasteiger partial charge is 0.381 e. The van der Waals surface area contributed by atoms with Crippen LogP contribution < -0.4 is 5.73 Å². The zero-order valence-corrected chi connectivity index (χ0v) is 9.67. The van der Waals surface area contributed by atoms with E-state index in [1.807, 2.05) is 10.6 Å². The molecule has 0 atom stereocenters. The molecule has 3 heterocycles. The van der Waals surface area contributed by atoms with E-state index < -0.39 is 0 Å². The van der Waals surface area contributed by atoms with Crippen molar-refractivity contribution in [3.05, 3.63) is 29.7 Å². The van der Waals surface area contributed by atoms with Gasteiger partial charge in [-0.2, -0.15) is 5.10 Å². The summed E-state index contributed by atoms with van der Waals surface area (Å²) >= 11 is 0. The molecule has 3 rings (SSSR count). The van der Waals surface area contributed by atoms with Gasteiger partial charge in [-0.05, 0) is 25.0 Å². The van der Waals surface area contributed by atoms with Crippen LogP contribution in [0, 0.1) is 0 Å². The first kappa shape index (κ1) is 10.7. The Balaban J connectivity index is 1.99. The normalized spacial score (nSPS) is 17.7. The van der Waals surface area contributed by atoms with Crippen LogP contribution in [0.5, 0.6) is 0 Å². The highest BCUT2D eigenvalue weighted by Crippen LogP contribution is 2.25. The van der Waals surface area contributed by atoms with E-state index in [1.54, 1.807) is 6.20 Å². The minimum absolute atomic E-state index is 0.464. The molecular weight excluding hydrogens is 216 g/mol. The lowest BCUT2D eigenvalue weighted by Gasteiger charge is -2.21. The van der Waals surface area contributed by atoms with Crippen molar-refractivity contribution in [3.8, 4) is 0 Å². The SMILES string of the molecule is NCc1cnc2ccc(C3CCOCC3)nn12. The van der Waals surface area contributed by atoms with Gasteiger partial charge >= 0.3 is 0 Å². The summed E-state index contributed by atoms with van der Waals surface area (Å²) in [6, 6.07) is 4.08. The maximum Gasteiger partial charge on any atom is 0.153 e. The van der Waals surface area contributed by atoms with Crippen molar-refractivity contribution in [2.24, 2.45) is 5.73 Å². The third kappa shape index (κ3) is 1.92. The molecule has 0 unspecified atom stereocenters. The number of ether oxygens (including phenoxy) is 1. The molecule has 0 radical (unpaired) electrons. The van der Waals surface area contributed by atoms with E-state index in [4.69, 9.17) is 10.5 Å². The molecule has 0 aromatic carbocycles. The molecule has 2 N–H and O–H groups in total. The summed E-state index contributed by atoms with van der Waals surface area (Å²) in [5.41, 5.74) is 8.60. The average molecular weight is 232 g/mol. The Hall–Kier alpha value is -1.46. The molecule has 5 nitrogen and oxygen atoms in total. The van der Waals surface area contributed by atoms with E-state index in [1.165, 1.54) is 0 Å². The molecule has 0 saturated carbocycles.